The Bertz CT molecular complexity index is 520. The van der Waals surface area contributed by atoms with Gasteiger partial charge in [-0.1, -0.05) is 45.8 Å². The van der Waals surface area contributed by atoms with Crippen molar-refractivity contribution in [2.75, 3.05) is 0 Å². The van der Waals surface area contributed by atoms with Gasteiger partial charge in [-0.05, 0) is 80.8 Å². The molecule has 27 heavy (non-hydrogen) atoms. The summed E-state index contributed by atoms with van der Waals surface area (Å²) in [6.45, 7) is 11.8. The van der Waals surface area contributed by atoms with Crippen LogP contribution in [-0.4, -0.2) is 25.5 Å². The number of fused-ring (bicyclic) bond motifs is 1. The Morgan fingerprint density at radius 3 is 2.41 bits per heavy atom. The fourth-order valence-corrected chi connectivity index (χ4v) is 6.41. The number of carboxylic acid groups (broad SMARTS) is 1. The van der Waals surface area contributed by atoms with E-state index >= 15 is 0 Å². The van der Waals surface area contributed by atoms with Crippen LogP contribution in [0.25, 0.3) is 0 Å². The monoisotopic (exact) mass is 394 g/mol. The lowest BCUT2D eigenvalue weighted by atomic mass is 9.64. The molecule has 2 rings (SSSR count). The van der Waals surface area contributed by atoms with Gasteiger partial charge >= 0.3 is 5.97 Å². The van der Waals surface area contributed by atoms with Crippen LogP contribution in [0, 0.1) is 11.3 Å². The molecular weight excluding hydrogens is 352 g/mol. The number of hydrogen-bond acceptors (Lipinski definition) is 2. The third-order valence-electron chi connectivity index (χ3n) is 7.58. The van der Waals surface area contributed by atoms with E-state index in [9.17, 15) is 4.79 Å². The van der Waals surface area contributed by atoms with Crippen molar-refractivity contribution in [3.63, 3.8) is 0 Å². The Morgan fingerprint density at radius 1 is 1.15 bits per heavy atom. The van der Waals surface area contributed by atoms with Crippen molar-refractivity contribution in [3.05, 3.63) is 12.2 Å². The number of aliphatic carboxylic acids is 1. The van der Waals surface area contributed by atoms with Crippen molar-refractivity contribution in [1.29, 1.82) is 0 Å². The van der Waals surface area contributed by atoms with Crippen molar-refractivity contribution in [2.45, 2.75) is 116 Å². The SMILES string of the molecule is CC(C)(C)[Si](C)(C)O[C@@H]1CCC[C@]2(CC/C=C\CCCC(=O)O)CCC[C@@H]12. The van der Waals surface area contributed by atoms with Gasteiger partial charge in [-0.15, -0.1) is 0 Å². The molecule has 0 aromatic heterocycles. The molecule has 1 N–H and O–H groups in total. The summed E-state index contributed by atoms with van der Waals surface area (Å²) in [7, 11) is -1.71. The summed E-state index contributed by atoms with van der Waals surface area (Å²) in [4.78, 5) is 10.6. The van der Waals surface area contributed by atoms with Gasteiger partial charge in [0.25, 0.3) is 0 Å². The Kier molecular flexibility index (Phi) is 7.77. The summed E-state index contributed by atoms with van der Waals surface area (Å²) in [5.41, 5.74) is 0.497. The molecule has 0 radical (unpaired) electrons. The molecule has 0 aliphatic heterocycles. The van der Waals surface area contributed by atoms with Gasteiger partial charge in [0, 0.05) is 12.5 Å². The third-order valence-corrected chi connectivity index (χ3v) is 12.1. The third kappa shape index (κ3) is 5.93. The van der Waals surface area contributed by atoms with Crippen molar-refractivity contribution in [1.82, 2.24) is 0 Å². The van der Waals surface area contributed by atoms with E-state index in [4.69, 9.17) is 9.53 Å². The van der Waals surface area contributed by atoms with Crippen molar-refractivity contribution in [3.8, 4) is 0 Å². The minimum absolute atomic E-state index is 0.281. The first-order chi connectivity index (χ1) is 12.6. The zero-order valence-electron chi connectivity index (χ0n) is 18.4. The van der Waals surface area contributed by atoms with Crippen LogP contribution in [0.4, 0.5) is 0 Å². The van der Waals surface area contributed by atoms with Crippen LogP contribution in [-0.2, 0) is 9.22 Å². The lowest BCUT2D eigenvalue weighted by molar-refractivity contribution is -0.137. The predicted molar refractivity (Wildman–Crippen MR) is 116 cm³/mol. The molecule has 3 nitrogen and oxygen atoms in total. The quantitative estimate of drug-likeness (QED) is 0.262. The molecule has 0 heterocycles. The summed E-state index contributed by atoms with van der Waals surface area (Å²) in [5.74, 6) is 0.0619. The Morgan fingerprint density at radius 2 is 1.78 bits per heavy atom. The van der Waals surface area contributed by atoms with Gasteiger partial charge < -0.3 is 9.53 Å². The van der Waals surface area contributed by atoms with Crippen molar-refractivity contribution in [2.24, 2.45) is 11.3 Å². The highest BCUT2D eigenvalue weighted by molar-refractivity contribution is 6.74. The van der Waals surface area contributed by atoms with Crippen LogP contribution < -0.4 is 0 Å². The molecule has 2 saturated carbocycles. The van der Waals surface area contributed by atoms with Crippen LogP contribution in [0.1, 0.15) is 91.4 Å². The second-order valence-corrected chi connectivity index (χ2v) is 15.2. The first-order valence-corrected chi connectivity index (χ1v) is 14.0. The fraction of sp³-hybridized carbons (Fsp3) is 0.870. The predicted octanol–water partition coefficient (Wildman–Crippen LogP) is 6.94. The molecule has 2 fully saturated rings. The highest BCUT2D eigenvalue weighted by Crippen LogP contribution is 2.56. The van der Waals surface area contributed by atoms with Crippen LogP contribution in [0.5, 0.6) is 0 Å². The largest absolute Gasteiger partial charge is 0.481 e. The molecular formula is C23H42O3Si. The lowest BCUT2D eigenvalue weighted by Gasteiger charge is -2.48. The van der Waals surface area contributed by atoms with E-state index in [1.807, 2.05) is 0 Å². The second-order valence-electron chi connectivity index (χ2n) is 10.5. The Labute approximate surface area is 168 Å². The zero-order chi connectivity index (χ0) is 20.1. The summed E-state index contributed by atoms with van der Waals surface area (Å²) in [5, 5.41) is 8.99. The average molecular weight is 395 g/mol. The number of carboxylic acids is 1. The van der Waals surface area contributed by atoms with Crippen LogP contribution in [0.15, 0.2) is 12.2 Å². The van der Waals surface area contributed by atoms with Gasteiger partial charge in [-0.2, -0.15) is 0 Å². The minimum Gasteiger partial charge on any atom is -0.481 e. The van der Waals surface area contributed by atoms with E-state index in [0.29, 0.717) is 11.5 Å². The van der Waals surface area contributed by atoms with E-state index < -0.39 is 14.3 Å². The lowest BCUT2D eigenvalue weighted by Crippen LogP contribution is -2.49. The molecule has 2 aliphatic carbocycles. The summed E-state index contributed by atoms with van der Waals surface area (Å²) < 4.78 is 6.93. The number of rotatable bonds is 9. The Hall–Kier alpha value is -0.613. The number of hydrogen-bond donors (Lipinski definition) is 1. The number of carbonyl (C=O) groups is 1. The maximum absolute atomic E-state index is 10.6. The Balaban J connectivity index is 1.91. The molecule has 0 bridgehead atoms. The van der Waals surface area contributed by atoms with Crippen molar-refractivity contribution < 1.29 is 14.3 Å². The summed E-state index contributed by atoms with van der Waals surface area (Å²) >= 11 is 0. The first-order valence-electron chi connectivity index (χ1n) is 11.1. The van der Waals surface area contributed by atoms with Gasteiger partial charge in [0.1, 0.15) is 0 Å². The molecule has 0 spiro atoms. The molecule has 4 heteroatoms. The number of unbranched alkanes of at least 4 members (excludes halogenated alkanes) is 1. The molecule has 2 aliphatic rings. The van der Waals surface area contributed by atoms with Gasteiger partial charge in [0.2, 0.25) is 0 Å². The minimum atomic E-state index is -1.71. The maximum Gasteiger partial charge on any atom is 0.303 e. The van der Waals surface area contributed by atoms with Gasteiger partial charge in [-0.3, -0.25) is 4.79 Å². The molecule has 0 saturated heterocycles. The maximum atomic E-state index is 10.6. The van der Waals surface area contributed by atoms with Gasteiger partial charge in [0.05, 0.1) is 0 Å². The van der Waals surface area contributed by atoms with Crippen LogP contribution in [0.3, 0.4) is 0 Å². The van der Waals surface area contributed by atoms with E-state index in [1.165, 1.54) is 44.9 Å². The van der Waals surface area contributed by atoms with E-state index in [-0.39, 0.29) is 11.5 Å². The highest BCUT2D eigenvalue weighted by Gasteiger charge is 2.50. The van der Waals surface area contributed by atoms with E-state index in [0.717, 1.165) is 25.2 Å². The van der Waals surface area contributed by atoms with Gasteiger partial charge in [0.15, 0.2) is 8.32 Å². The fourth-order valence-electron chi connectivity index (χ4n) is 5.02. The number of allylic oxidation sites excluding steroid dienone is 2. The van der Waals surface area contributed by atoms with E-state index in [1.54, 1.807) is 0 Å². The molecule has 0 unspecified atom stereocenters. The average Bonchev–Trinajstić information content (AvgIpc) is 2.97. The standard InChI is InChI=1S/C23H42O3Si/c1-22(2,3)27(4,5)26-20-14-12-18-23(17-11-13-19(20)23)16-10-8-6-7-9-15-21(24)25/h6,8,19-20H,7,9-18H2,1-5H3,(H,24,25)/b8-6-/t19-,20+,23-/m0/s1. The molecule has 0 aromatic carbocycles. The van der Waals surface area contributed by atoms with Crippen molar-refractivity contribution >= 4 is 14.3 Å². The molecule has 0 amide bonds. The molecule has 3 atom stereocenters. The summed E-state index contributed by atoms with van der Waals surface area (Å²) in [6, 6.07) is 0. The first kappa shape index (κ1) is 22.7. The topological polar surface area (TPSA) is 46.5 Å². The second kappa shape index (κ2) is 9.26. The molecule has 0 aromatic rings. The van der Waals surface area contributed by atoms with Crippen LogP contribution >= 0.6 is 0 Å². The van der Waals surface area contributed by atoms with Crippen LogP contribution in [0.2, 0.25) is 18.1 Å². The van der Waals surface area contributed by atoms with Gasteiger partial charge in [-0.25, -0.2) is 0 Å². The highest BCUT2D eigenvalue weighted by atomic mass is 28.4. The smallest absolute Gasteiger partial charge is 0.303 e. The normalized spacial score (nSPS) is 29.2. The zero-order valence-corrected chi connectivity index (χ0v) is 19.4. The molecule has 156 valence electrons. The van der Waals surface area contributed by atoms with E-state index in [2.05, 4.69) is 46.0 Å². The summed E-state index contributed by atoms with van der Waals surface area (Å²) in [6.07, 6.45) is 17.3.